The van der Waals surface area contributed by atoms with Gasteiger partial charge in [-0.25, -0.2) is 4.39 Å². The van der Waals surface area contributed by atoms with E-state index in [4.69, 9.17) is 5.73 Å². The van der Waals surface area contributed by atoms with E-state index in [9.17, 15) is 9.18 Å². The highest BCUT2D eigenvalue weighted by molar-refractivity contribution is 5.85. The van der Waals surface area contributed by atoms with Gasteiger partial charge in [-0.3, -0.25) is 4.79 Å². The monoisotopic (exact) mass is 286 g/mol. The first-order valence-corrected chi connectivity index (χ1v) is 6.39. The summed E-state index contributed by atoms with van der Waals surface area (Å²) in [5.41, 5.74) is 6.53. The molecule has 0 saturated heterocycles. The molecule has 1 unspecified atom stereocenters. The number of hydrogen-bond donors (Lipinski definition) is 2. The molecule has 0 radical (unpaired) electrons. The van der Waals surface area contributed by atoms with Crippen molar-refractivity contribution in [3.05, 3.63) is 35.6 Å². The Labute approximate surface area is 119 Å². The average molecular weight is 287 g/mol. The summed E-state index contributed by atoms with van der Waals surface area (Å²) >= 11 is 0. The third-order valence-electron chi connectivity index (χ3n) is 3.56. The first-order valence-electron chi connectivity index (χ1n) is 6.39. The summed E-state index contributed by atoms with van der Waals surface area (Å²) in [6, 6.07) is 5.77. The Hall–Kier alpha value is -1.13. The summed E-state index contributed by atoms with van der Waals surface area (Å²) in [6.45, 7) is 1.66. The standard InChI is InChI=1S/C14H19FN2O.ClH/c1-9(16)14(18)17-13(10-3-2-4-10)11-5-7-12(15)8-6-11;/h5-10,13H,2-4,16H2,1H3,(H,17,18);1H/t9-,13?;/m1./s1. The number of rotatable bonds is 4. The zero-order chi connectivity index (χ0) is 13.1. The minimum atomic E-state index is -0.520. The van der Waals surface area contributed by atoms with Crippen LogP contribution in [-0.2, 0) is 4.79 Å². The highest BCUT2D eigenvalue weighted by Crippen LogP contribution is 2.37. The summed E-state index contributed by atoms with van der Waals surface area (Å²) in [5.74, 6) is 0.0269. The number of halogens is 2. The Balaban J connectivity index is 0.00000180. The van der Waals surface area contributed by atoms with Gasteiger partial charge >= 0.3 is 0 Å². The third kappa shape index (κ3) is 3.91. The molecule has 1 aliphatic rings. The molecule has 0 aromatic heterocycles. The van der Waals surface area contributed by atoms with Gasteiger partial charge in [-0.2, -0.15) is 0 Å². The molecule has 1 aromatic carbocycles. The van der Waals surface area contributed by atoms with Crippen molar-refractivity contribution in [3.8, 4) is 0 Å². The molecule has 0 heterocycles. The van der Waals surface area contributed by atoms with Crippen LogP contribution in [0.15, 0.2) is 24.3 Å². The summed E-state index contributed by atoms with van der Waals surface area (Å²) < 4.78 is 12.9. The molecule has 1 saturated carbocycles. The summed E-state index contributed by atoms with van der Waals surface area (Å²) in [7, 11) is 0. The molecule has 2 atom stereocenters. The van der Waals surface area contributed by atoms with E-state index in [1.54, 1.807) is 19.1 Å². The molecule has 1 amide bonds. The van der Waals surface area contributed by atoms with Gasteiger partial charge in [0.1, 0.15) is 5.82 Å². The maximum atomic E-state index is 12.9. The first-order chi connectivity index (χ1) is 8.58. The van der Waals surface area contributed by atoms with E-state index in [0.29, 0.717) is 5.92 Å². The van der Waals surface area contributed by atoms with Crippen molar-refractivity contribution in [3.63, 3.8) is 0 Å². The Bertz CT molecular complexity index is 418. The molecule has 19 heavy (non-hydrogen) atoms. The molecule has 5 heteroatoms. The van der Waals surface area contributed by atoms with Gasteiger partial charge in [0, 0.05) is 0 Å². The van der Waals surface area contributed by atoms with E-state index in [0.717, 1.165) is 18.4 Å². The lowest BCUT2D eigenvalue weighted by Gasteiger charge is -2.35. The third-order valence-corrected chi connectivity index (χ3v) is 3.56. The van der Waals surface area contributed by atoms with Crippen molar-refractivity contribution >= 4 is 18.3 Å². The lowest BCUT2D eigenvalue weighted by molar-refractivity contribution is -0.123. The molecule has 1 aromatic rings. The molecule has 3 nitrogen and oxygen atoms in total. The van der Waals surface area contributed by atoms with Gasteiger partial charge in [0.25, 0.3) is 0 Å². The number of nitrogens with two attached hydrogens (primary N) is 1. The van der Waals surface area contributed by atoms with E-state index >= 15 is 0 Å². The quantitative estimate of drug-likeness (QED) is 0.894. The molecular weight excluding hydrogens is 267 g/mol. The highest BCUT2D eigenvalue weighted by atomic mass is 35.5. The Kier molecular flexibility index (Phi) is 5.76. The summed E-state index contributed by atoms with van der Waals surface area (Å²) in [5, 5.41) is 2.97. The van der Waals surface area contributed by atoms with Gasteiger partial charge in [-0.15, -0.1) is 12.4 Å². The molecule has 0 spiro atoms. The van der Waals surface area contributed by atoms with Gasteiger partial charge in [0.05, 0.1) is 12.1 Å². The highest BCUT2D eigenvalue weighted by Gasteiger charge is 2.30. The van der Waals surface area contributed by atoms with Crippen LogP contribution in [0.3, 0.4) is 0 Å². The Morgan fingerprint density at radius 1 is 1.37 bits per heavy atom. The topological polar surface area (TPSA) is 55.1 Å². The van der Waals surface area contributed by atoms with E-state index in [-0.39, 0.29) is 30.2 Å². The van der Waals surface area contributed by atoms with Crippen LogP contribution in [0.25, 0.3) is 0 Å². The van der Waals surface area contributed by atoms with Crippen LogP contribution in [0, 0.1) is 11.7 Å². The van der Waals surface area contributed by atoms with Crippen molar-refractivity contribution in [2.24, 2.45) is 11.7 Å². The molecule has 3 N–H and O–H groups in total. The van der Waals surface area contributed by atoms with Gasteiger partial charge in [-0.05, 0) is 43.4 Å². The summed E-state index contributed by atoms with van der Waals surface area (Å²) in [6.07, 6.45) is 3.39. The van der Waals surface area contributed by atoms with Crippen LogP contribution in [0.4, 0.5) is 4.39 Å². The second kappa shape index (κ2) is 6.87. The van der Waals surface area contributed by atoms with Crippen LogP contribution in [0.1, 0.15) is 37.8 Å². The number of carbonyl (C=O) groups excluding carboxylic acids is 1. The maximum Gasteiger partial charge on any atom is 0.237 e. The van der Waals surface area contributed by atoms with Crippen molar-refractivity contribution in [1.29, 1.82) is 0 Å². The van der Waals surface area contributed by atoms with Crippen LogP contribution in [0.5, 0.6) is 0 Å². The Morgan fingerprint density at radius 3 is 2.37 bits per heavy atom. The number of carbonyl (C=O) groups is 1. The average Bonchev–Trinajstić information content (AvgIpc) is 2.26. The number of amides is 1. The van der Waals surface area contributed by atoms with Gasteiger partial charge in [0.15, 0.2) is 0 Å². The summed E-state index contributed by atoms with van der Waals surface area (Å²) in [4.78, 5) is 11.7. The van der Waals surface area contributed by atoms with Crippen molar-refractivity contribution in [2.75, 3.05) is 0 Å². The fraction of sp³-hybridized carbons (Fsp3) is 0.500. The van der Waals surface area contributed by atoms with Crippen molar-refractivity contribution in [2.45, 2.75) is 38.3 Å². The lowest BCUT2D eigenvalue weighted by Crippen LogP contribution is -2.43. The zero-order valence-electron chi connectivity index (χ0n) is 10.9. The SMILES string of the molecule is C[C@@H](N)C(=O)NC(c1ccc(F)cc1)C1CCC1.Cl. The van der Waals surface area contributed by atoms with Gasteiger partial charge in [-0.1, -0.05) is 18.6 Å². The first kappa shape index (κ1) is 15.9. The van der Waals surface area contributed by atoms with Crippen LogP contribution in [-0.4, -0.2) is 11.9 Å². The number of nitrogens with one attached hydrogen (secondary N) is 1. The normalized spacial score (nSPS) is 17.8. The molecule has 1 aliphatic carbocycles. The van der Waals surface area contributed by atoms with E-state index in [1.165, 1.54) is 18.6 Å². The van der Waals surface area contributed by atoms with E-state index < -0.39 is 6.04 Å². The zero-order valence-corrected chi connectivity index (χ0v) is 11.8. The van der Waals surface area contributed by atoms with E-state index in [2.05, 4.69) is 5.32 Å². The minimum Gasteiger partial charge on any atom is -0.348 e. The molecule has 106 valence electrons. The maximum absolute atomic E-state index is 12.9. The fourth-order valence-electron chi connectivity index (χ4n) is 2.20. The number of benzene rings is 1. The number of hydrogen-bond acceptors (Lipinski definition) is 2. The van der Waals surface area contributed by atoms with Crippen molar-refractivity contribution in [1.82, 2.24) is 5.32 Å². The van der Waals surface area contributed by atoms with Crippen molar-refractivity contribution < 1.29 is 9.18 Å². The largest absolute Gasteiger partial charge is 0.348 e. The van der Waals surface area contributed by atoms with E-state index in [1.807, 2.05) is 0 Å². The smallest absolute Gasteiger partial charge is 0.237 e. The molecular formula is C14H20ClFN2O. The van der Waals surface area contributed by atoms with Gasteiger partial charge < -0.3 is 11.1 Å². The fourth-order valence-corrected chi connectivity index (χ4v) is 2.20. The van der Waals surface area contributed by atoms with Gasteiger partial charge in [0.2, 0.25) is 5.91 Å². The second-order valence-corrected chi connectivity index (χ2v) is 5.02. The molecule has 1 fully saturated rings. The Morgan fingerprint density at radius 2 is 1.95 bits per heavy atom. The second-order valence-electron chi connectivity index (χ2n) is 5.02. The predicted octanol–water partition coefficient (Wildman–Crippen LogP) is 2.55. The lowest BCUT2D eigenvalue weighted by atomic mass is 9.77. The molecule has 0 aliphatic heterocycles. The predicted molar refractivity (Wildman–Crippen MR) is 75.5 cm³/mol. The molecule has 0 bridgehead atoms. The van der Waals surface area contributed by atoms with Crippen LogP contribution in [0.2, 0.25) is 0 Å². The molecule has 2 rings (SSSR count). The van der Waals surface area contributed by atoms with Crippen LogP contribution < -0.4 is 11.1 Å². The minimum absolute atomic E-state index is 0. The van der Waals surface area contributed by atoms with Crippen LogP contribution >= 0.6 is 12.4 Å².